The van der Waals surface area contributed by atoms with Crippen LogP contribution in [0, 0.1) is 19.8 Å². The number of primary amides is 2. The van der Waals surface area contributed by atoms with Crippen LogP contribution in [-0.4, -0.2) is 34.9 Å². The first-order chi connectivity index (χ1) is 12.8. The number of amides is 2. The van der Waals surface area contributed by atoms with Gasteiger partial charge >= 0.3 is 0 Å². The molecule has 27 heavy (non-hydrogen) atoms. The van der Waals surface area contributed by atoms with Gasteiger partial charge in [-0.05, 0) is 49.9 Å². The Labute approximate surface area is 158 Å². The van der Waals surface area contributed by atoms with Crippen molar-refractivity contribution < 1.29 is 9.59 Å². The summed E-state index contributed by atoms with van der Waals surface area (Å²) < 4.78 is 0. The Morgan fingerprint density at radius 1 is 1.19 bits per heavy atom. The number of aryl methyl sites for hydroxylation is 2. The number of rotatable bonds is 5. The standard InChI is InChI=1S/C19H24N6O2/c1-11-6-12(2)8-14(7-11)23-18-15(17(21)27)9-22-19(24-18)25-5-3-4-13(10-25)16(20)26/h6-9,13H,3-5,10H2,1-2H3,(H2,20,26)(H2,21,27)(H,22,23,24). The average molecular weight is 368 g/mol. The van der Waals surface area contributed by atoms with Gasteiger partial charge in [0.1, 0.15) is 11.4 Å². The minimum Gasteiger partial charge on any atom is -0.369 e. The van der Waals surface area contributed by atoms with E-state index in [0.717, 1.165) is 36.2 Å². The number of nitrogens with two attached hydrogens (primary N) is 2. The number of anilines is 3. The molecule has 0 bridgehead atoms. The third-order valence-electron chi connectivity index (χ3n) is 4.63. The molecular formula is C19H24N6O2. The van der Waals surface area contributed by atoms with Crippen LogP contribution in [-0.2, 0) is 4.79 Å². The molecule has 1 aliphatic rings. The minimum absolute atomic E-state index is 0.210. The van der Waals surface area contributed by atoms with Gasteiger partial charge in [-0.2, -0.15) is 4.98 Å². The van der Waals surface area contributed by atoms with Crippen LogP contribution in [0.2, 0.25) is 0 Å². The zero-order valence-electron chi connectivity index (χ0n) is 15.5. The monoisotopic (exact) mass is 368 g/mol. The number of hydrogen-bond donors (Lipinski definition) is 3. The molecule has 8 heteroatoms. The first-order valence-electron chi connectivity index (χ1n) is 8.90. The van der Waals surface area contributed by atoms with E-state index in [1.807, 2.05) is 30.9 Å². The molecule has 2 amide bonds. The van der Waals surface area contributed by atoms with Crippen LogP contribution < -0.4 is 21.7 Å². The lowest BCUT2D eigenvalue weighted by molar-refractivity contribution is -0.122. The van der Waals surface area contributed by atoms with Gasteiger partial charge < -0.3 is 21.7 Å². The number of benzene rings is 1. The van der Waals surface area contributed by atoms with Crippen LogP contribution in [0.5, 0.6) is 0 Å². The molecule has 1 unspecified atom stereocenters. The van der Waals surface area contributed by atoms with E-state index in [9.17, 15) is 9.59 Å². The number of piperidine rings is 1. The van der Waals surface area contributed by atoms with Crippen molar-refractivity contribution in [3.63, 3.8) is 0 Å². The maximum absolute atomic E-state index is 11.8. The summed E-state index contributed by atoms with van der Waals surface area (Å²) in [6.07, 6.45) is 3.01. The lowest BCUT2D eigenvalue weighted by atomic mass is 9.98. The molecule has 0 saturated carbocycles. The van der Waals surface area contributed by atoms with Crippen LogP contribution in [0.1, 0.15) is 34.3 Å². The molecule has 1 saturated heterocycles. The highest BCUT2D eigenvalue weighted by Crippen LogP contribution is 2.25. The van der Waals surface area contributed by atoms with Crippen molar-refractivity contribution in [1.82, 2.24) is 9.97 Å². The topological polar surface area (TPSA) is 127 Å². The van der Waals surface area contributed by atoms with Crippen LogP contribution in [0.3, 0.4) is 0 Å². The van der Waals surface area contributed by atoms with Gasteiger partial charge in [0.15, 0.2) is 0 Å². The molecule has 0 spiro atoms. The highest BCUT2D eigenvalue weighted by atomic mass is 16.1. The number of nitrogens with one attached hydrogen (secondary N) is 1. The average Bonchev–Trinajstić information content (AvgIpc) is 2.60. The fourth-order valence-corrected chi connectivity index (χ4v) is 3.38. The third kappa shape index (κ3) is 4.33. The molecule has 1 fully saturated rings. The van der Waals surface area contributed by atoms with Gasteiger partial charge in [0.2, 0.25) is 11.9 Å². The van der Waals surface area contributed by atoms with Crippen molar-refractivity contribution >= 4 is 29.3 Å². The molecule has 2 heterocycles. The summed E-state index contributed by atoms with van der Waals surface area (Å²) in [4.78, 5) is 34.0. The van der Waals surface area contributed by atoms with Crippen LogP contribution >= 0.6 is 0 Å². The molecule has 1 aromatic carbocycles. The Morgan fingerprint density at radius 2 is 1.89 bits per heavy atom. The van der Waals surface area contributed by atoms with Crippen molar-refractivity contribution in [2.45, 2.75) is 26.7 Å². The lowest BCUT2D eigenvalue weighted by Crippen LogP contribution is -2.42. The fourth-order valence-electron chi connectivity index (χ4n) is 3.38. The first-order valence-corrected chi connectivity index (χ1v) is 8.90. The zero-order valence-corrected chi connectivity index (χ0v) is 15.5. The van der Waals surface area contributed by atoms with Gasteiger partial charge in [0, 0.05) is 25.0 Å². The van der Waals surface area contributed by atoms with Gasteiger partial charge in [0.25, 0.3) is 5.91 Å². The van der Waals surface area contributed by atoms with Crippen molar-refractivity contribution in [2.75, 3.05) is 23.3 Å². The molecule has 2 aromatic rings. The molecule has 1 aliphatic heterocycles. The van der Waals surface area contributed by atoms with Gasteiger partial charge in [-0.25, -0.2) is 4.98 Å². The Bertz CT molecular complexity index is 862. The zero-order chi connectivity index (χ0) is 19.6. The number of aromatic nitrogens is 2. The number of nitrogens with zero attached hydrogens (tertiary/aromatic N) is 3. The Balaban J connectivity index is 1.93. The van der Waals surface area contributed by atoms with Crippen LogP contribution in [0.15, 0.2) is 24.4 Å². The maximum atomic E-state index is 11.8. The largest absolute Gasteiger partial charge is 0.369 e. The fraction of sp³-hybridized carbons (Fsp3) is 0.368. The summed E-state index contributed by atoms with van der Waals surface area (Å²) in [5.74, 6) is -0.366. The number of hydrogen-bond acceptors (Lipinski definition) is 6. The van der Waals surface area contributed by atoms with E-state index in [0.29, 0.717) is 18.3 Å². The van der Waals surface area contributed by atoms with E-state index in [-0.39, 0.29) is 17.4 Å². The van der Waals surface area contributed by atoms with E-state index >= 15 is 0 Å². The Hall–Kier alpha value is -3.16. The normalized spacial score (nSPS) is 16.8. The molecule has 0 aliphatic carbocycles. The molecule has 8 nitrogen and oxygen atoms in total. The van der Waals surface area contributed by atoms with E-state index in [1.165, 1.54) is 6.20 Å². The number of carbonyl (C=O) groups excluding carboxylic acids is 2. The summed E-state index contributed by atoms with van der Waals surface area (Å²) in [6, 6.07) is 5.98. The molecule has 3 rings (SSSR count). The summed E-state index contributed by atoms with van der Waals surface area (Å²) >= 11 is 0. The molecule has 142 valence electrons. The summed E-state index contributed by atoms with van der Waals surface area (Å²) in [5.41, 5.74) is 14.1. The van der Waals surface area contributed by atoms with Gasteiger partial charge in [-0.3, -0.25) is 9.59 Å². The van der Waals surface area contributed by atoms with E-state index in [4.69, 9.17) is 11.5 Å². The molecule has 1 atom stereocenters. The van der Waals surface area contributed by atoms with Crippen LogP contribution in [0.25, 0.3) is 0 Å². The van der Waals surface area contributed by atoms with Crippen molar-refractivity contribution in [3.05, 3.63) is 41.1 Å². The Morgan fingerprint density at radius 3 is 2.52 bits per heavy atom. The van der Waals surface area contributed by atoms with Crippen molar-refractivity contribution in [2.24, 2.45) is 17.4 Å². The molecular weight excluding hydrogens is 344 g/mol. The minimum atomic E-state index is -0.609. The van der Waals surface area contributed by atoms with E-state index < -0.39 is 5.91 Å². The van der Waals surface area contributed by atoms with E-state index in [1.54, 1.807) is 0 Å². The number of carbonyl (C=O) groups is 2. The SMILES string of the molecule is Cc1cc(C)cc(Nc2nc(N3CCCC(C(N)=O)C3)ncc2C(N)=O)c1. The predicted octanol–water partition coefficient (Wildman–Crippen LogP) is 1.64. The van der Waals surface area contributed by atoms with Crippen molar-refractivity contribution in [1.29, 1.82) is 0 Å². The smallest absolute Gasteiger partial charge is 0.254 e. The second-order valence-electron chi connectivity index (χ2n) is 6.99. The molecule has 0 radical (unpaired) electrons. The van der Waals surface area contributed by atoms with E-state index in [2.05, 4.69) is 21.4 Å². The maximum Gasteiger partial charge on any atom is 0.254 e. The highest BCUT2D eigenvalue weighted by Gasteiger charge is 2.26. The van der Waals surface area contributed by atoms with Gasteiger partial charge in [0.05, 0.1) is 5.92 Å². The summed E-state index contributed by atoms with van der Waals surface area (Å²) in [7, 11) is 0. The third-order valence-corrected chi connectivity index (χ3v) is 4.63. The highest BCUT2D eigenvalue weighted by molar-refractivity contribution is 5.98. The summed E-state index contributed by atoms with van der Waals surface area (Å²) in [6.45, 7) is 5.18. The summed E-state index contributed by atoms with van der Waals surface area (Å²) in [5, 5.41) is 3.18. The second kappa shape index (κ2) is 7.61. The molecule has 1 aromatic heterocycles. The van der Waals surface area contributed by atoms with Crippen LogP contribution in [0.4, 0.5) is 17.5 Å². The van der Waals surface area contributed by atoms with Crippen molar-refractivity contribution in [3.8, 4) is 0 Å². The lowest BCUT2D eigenvalue weighted by Gasteiger charge is -2.31. The van der Waals surface area contributed by atoms with Gasteiger partial charge in [-0.15, -0.1) is 0 Å². The first kappa shape index (κ1) is 18.6. The molecule has 5 N–H and O–H groups in total. The predicted molar refractivity (Wildman–Crippen MR) is 104 cm³/mol. The quantitative estimate of drug-likeness (QED) is 0.736. The Kier molecular flexibility index (Phi) is 5.25. The van der Waals surface area contributed by atoms with Gasteiger partial charge in [-0.1, -0.05) is 6.07 Å². The second-order valence-corrected chi connectivity index (χ2v) is 6.99.